The molecule has 2 fully saturated rings. The highest BCUT2D eigenvalue weighted by Gasteiger charge is 2.60. The highest BCUT2D eigenvalue weighted by atomic mass is 16.5. The van der Waals surface area contributed by atoms with Gasteiger partial charge in [-0.1, -0.05) is 12.1 Å². The molecular weight excluding hydrogens is 296 g/mol. The van der Waals surface area contributed by atoms with Gasteiger partial charge in [-0.3, -0.25) is 9.59 Å². The summed E-state index contributed by atoms with van der Waals surface area (Å²) in [4.78, 5) is 27.2. The van der Waals surface area contributed by atoms with E-state index in [1.807, 2.05) is 25.7 Å². The van der Waals surface area contributed by atoms with Crippen molar-refractivity contribution in [3.63, 3.8) is 0 Å². The summed E-state index contributed by atoms with van der Waals surface area (Å²) in [6.45, 7) is 6.05. The van der Waals surface area contributed by atoms with Gasteiger partial charge in [0.2, 0.25) is 5.91 Å². The lowest BCUT2D eigenvalue weighted by Gasteiger charge is -2.34. The number of carbonyl (C=O) groups is 2. The Kier molecular flexibility index (Phi) is 4.17. The van der Waals surface area contributed by atoms with Crippen molar-refractivity contribution >= 4 is 11.9 Å². The molecule has 3 rings (SSSR count). The van der Waals surface area contributed by atoms with E-state index in [9.17, 15) is 9.59 Å². The van der Waals surface area contributed by atoms with Gasteiger partial charge in [-0.05, 0) is 39.5 Å². The number of hydrogen-bond donors (Lipinski definition) is 0. The number of fused-ring (bicyclic) bond motifs is 2. The van der Waals surface area contributed by atoms with Gasteiger partial charge in [0, 0.05) is 18.2 Å². The molecule has 0 unspecified atom stereocenters. The molecule has 1 aromatic heterocycles. The van der Waals surface area contributed by atoms with E-state index in [4.69, 9.17) is 9.26 Å². The molecule has 2 aliphatic rings. The minimum atomic E-state index is -0.536. The standard InChI is InChI=1S/C17H24N2O4/c1-4-17(16(21)22-5-2)10-12-6-7-14(17)19(12)15(20)9-13-8-11(3)18-23-13/h8,12,14H,4-7,9-10H2,1-3H3/t12-,14+,17+/m1/s1. The lowest BCUT2D eigenvalue weighted by Crippen LogP contribution is -2.46. The zero-order chi connectivity index (χ0) is 16.6. The smallest absolute Gasteiger partial charge is 0.314 e. The third-order valence-corrected chi connectivity index (χ3v) is 5.34. The molecule has 1 aromatic rings. The van der Waals surface area contributed by atoms with Crippen LogP contribution in [0.5, 0.6) is 0 Å². The second-order valence-electron chi connectivity index (χ2n) is 6.59. The maximum absolute atomic E-state index is 12.8. The molecular formula is C17H24N2O4. The van der Waals surface area contributed by atoms with Gasteiger partial charge < -0.3 is 14.2 Å². The summed E-state index contributed by atoms with van der Waals surface area (Å²) in [5, 5.41) is 3.83. The van der Waals surface area contributed by atoms with Crippen LogP contribution in [0.15, 0.2) is 10.6 Å². The number of aromatic nitrogens is 1. The van der Waals surface area contributed by atoms with Crippen molar-refractivity contribution in [1.29, 1.82) is 0 Å². The number of esters is 1. The zero-order valence-corrected chi connectivity index (χ0v) is 14.0. The first kappa shape index (κ1) is 16.0. The van der Waals surface area contributed by atoms with E-state index in [0.29, 0.717) is 25.2 Å². The van der Waals surface area contributed by atoms with Crippen LogP contribution in [-0.2, 0) is 20.7 Å². The maximum atomic E-state index is 12.8. The molecule has 6 heteroatoms. The molecule has 1 amide bonds. The first-order chi connectivity index (χ1) is 11.0. The second-order valence-corrected chi connectivity index (χ2v) is 6.59. The highest BCUT2D eigenvalue weighted by Crippen LogP contribution is 2.52. The first-order valence-corrected chi connectivity index (χ1v) is 8.42. The Bertz CT molecular complexity index is 611. The summed E-state index contributed by atoms with van der Waals surface area (Å²) in [5.74, 6) is 0.452. The summed E-state index contributed by atoms with van der Waals surface area (Å²) in [6, 6.07) is 1.88. The van der Waals surface area contributed by atoms with Crippen molar-refractivity contribution in [1.82, 2.24) is 10.1 Å². The van der Waals surface area contributed by atoms with Crippen molar-refractivity contribution in [2.75, 3.05) is 6.61 Å². The van der Waals surface area contributed by atoms with Crippen molar-refractivity contribution in [2.45, 2.75) is 65.0 Å². The molecule has 2 bridgehead atoms. The second kappa shape index (κ2) is 5.98. The minimum absolute atomic E-state index is 0.0215. The monoisotopic (exact) mass is 320 g/mol. The van der Waals surface area contributed by atoms with Crippen molar-refractivity contribution < 1.29 is 18.8 Å². The minimum Gasteiger partial charge on any atom is -0.466 e. The predicted octanol–water partition coefficient (Wildman–Crippen LogP) is 2.25. The zero-order valence-electron chi connectivity index (χ0n) is 14.0. The molecule has 3 heterocycles. The summed E-state index contributed by atoms with van der Waals surface area (Å²) in [7, 11) is 0. The van der Waals surface area contributed by atoms with Crippen LogP contribution in [0.2, 0.25) is 0 Å². The van der Waals surface area contributed by atoms with E-state index in [2.05, 4.69) is 5.16 Å². The van der Waals surface area contributed by atoms with Gasteiger partial charge in [-0.2, -0.15) is 0 Å². The number of amides is 1. The number of hydrogen-bond acceptors (Lipinski definition) is 5. The molecule has 6 nitrogen and oxygen atoms in total. The highest BCUT2D eigenvalue weighted by molar-refractivity contribution is 5.84. The number of ether oxygens (including phenoxy) is 1. The summed E-state index contributed by atoms with van der Waals surface area (Å²) < 4.78 is 10.5. The van der Waals surface area contributed by atoms with Crippen LogP contribution in [0, 0.1) is 12.3 Å². The fourth-order valence-electron chi connectivity index (χ4n) is 4.32. The number of aryl methyl sites for hydroxylation is 1. The van der Waals surface area contributed by atoms with Crippen LogP contribution < -0.4 is 0 Å². The van der Waals surface area contributed by atoms with Crippen LogP contribution in [0.1, 0.15) is 51.0 Å². The molecule has 0 N–H and O–H groups in total. The Labute approximate surface area is 136 Å². The maximum Gasteiger partial charge on any atom is 0.314 e. The van der Waals surface area contributed by atoms with E-state index < -0.39 is 5.41 Å². The van der Waals surface area contributed by atoms with Crippen LogP contribution in [0.25, 0.3) is 0 Å². The predicted molar refractivity (Wildman–Crippen MR) is 82.6 cm³/mol. The SMILES string of the molecule is CCOC(=O)[C@@]1(CC)C[C@H]2CC[C@@H]1N2C(=O)Cc1cc(C)no1. The summed E-state index contributed by atoms with van der Waals surface area (Å²) in [6.07, 6.45) is 3.47. The van der Waals surface area contributed by atoms with Gasteiger partial charge in [0.25, 0.3) is 0 Å². The van der Waals surface area contributed by atoms with Gasteiger partial charge in [0.1, 0.15) is 5.76 Å². The molecule has 3 atom stereocenters. The Morgan fingerprint density at radius 1 is 1.43 bits per heavy atom. The van der Waals surface area contributed by atoms with Crippen molar-refractivity contribution in [3.05, 3.63) is 17.5 Å². The average molecular weight is 320 g/mol. The van der Waals surface area contributed by atoms with E-state index in [1.54, 1.807) is 6.07 Å². The quantitative estimate of drug-likeness (QED) is 0.778. The van der Waals surface area contributed by atoms with Gasteiger partial charge >= 0.3 is 5.97 Å². The molecule has 23 heavy (non-hydrogen) atoms. The first-order valence-electron chi connectivity index (χ1n) is 8.42. The average Bonchev–Trinajstić information content (AvgIpc) is 3.20. The number of carbonyl (C=O) groups excluding carboxylic acids is 2. The fourth-order valence-corrected chi connectivity index (χ4v) is 4.32. The Balaban J connectivity index is 1.79. The van der Waals surface area contributed by atoms with Crippen LogP contribution in [0.4, 0.5) is 0 Å². The summed E-state index contributed by atoms with van der Waals surface area (Å²) in [5.41, 5.74) is 0.234. The molecule has 0 saturated carbocycles. The number of rotatable bonds is 5. The lowest BCUT2D eigenvalue weighted by molar-refractivity contribution is -0.158. The molecule has 0 aromatic carbocycles. The van der Waals surface area contributed by atoms with Crippen molar-refractivity contribution in [2.24, 2.45) is 5.41 Å². The van der Waals surface area contributed by atoms with Crippen LogP contribution in [-0.4, -0.2) is 40.6 Å². The normalized spacial score (nSPS) is 29.1. The lowest BCUT2D eigenvalue weighted by atomic mass is 9.72. The fraction of sp³-hybridized carbons (Fsp3) is 0.706. The molecule has 126 valence electrons. The third kappa shape index (κ3) is 2.54. The van der Waals surface area contributed by atoms with Gasteiger partial charge in [-0.25, -0.2) is 0 Å². The summed E-state index contributed by atoms with van der Waals surface area (Å²) >= 11 is 0. The van der Waals surface area contributed by atoms with Gasteiger partial charge in [0.15, 0.2) is 0 Å². The van der Waals surface area contributed by atoms with Gasteiger partial charge in [-0.15, -0.1) is 0 Å². The largest absolute Gasteiger partial charge is 0.466 e. The molecule has 0 radical (unpaired) electrons. The van der Waals surface area contributed by atoms with Gasteiger partial charge in [0.05, 0.1) is 24.1 Å². The molecule has 2 saturated heterocycles. The van der Waals surface area contributed by atoms with Crippen molar-refractivity contribution in [3.8, 4) is 0 Å². The Hall–Kier alpha value is -1.85. The third-order valence-electron chi connectivity index (χ3n) is 5.34. The van der Waals surface area contributed by atoms with E-state index in [1.165, 1.54) is 0 Å². The van der Waals surface area contributed by atoms with E-state index in [-0.39, 0.29) is 30.4 Å². The molecule has 0 aliphatic carbocycles. The van der Waals surface area contributed by atoms with Crippen LogP contribution >= 0.6 is 0 Å². The Morgan fingerprint density at radius 3 is 2.83 bits per heavy atom. The van der Waals surface area contributed by atoms with E-state index >= 15 is 0 Å². The topological polar surface area (TPSA) is 72.6 Å². The van der Waals surface area contributed by atoms with Crippen LogP contribution in [0.3, 0.4) is 0 Å². The number of nitrogens with zero attached hydrogens (tertiary/aromatic N) is 2. The van der Waals surface area contributed by atoms with E-state index in [0.717, 1.165) is 18.5 Å². The molecule has 2 aliphatic heterocycles. The Morgan fingerprint density at radius 2 is 2.22 bits per heavy atom. The molecule has 0 spiro atoms.